The summed E-state index contributed by atoms with van der Waals surface area (Å²) in [5.41, 5.74) is 2.35. The van der Waals surface area contributed by atoms with E-state index in [0.717, 1.165) is 16.9 Å². The van der Waals surface area contributed by atoms with Gasteiger partial charge in [0, 0.05) is 36.8 Å². The Kier molecular flexibility index (Phi) is 7.37. The van der Waals surface area contributed by atoms with E-state index in [2.05, 4.69) is 15.1 Å². The number of methoxy groups -OCH3 is 3. The largest absolute Gasteiger partial charge is 0.493 e. The minimum Gasteiger partial charge on any atom is -0.493 e. The molecule has 2 heterocycles. The van der Waals surface area contributed by atoms with Gasteiger partial charge in [0.25, 0.3) is 0 Å². The van der Waals surface area contributed by atoms with Gasteiger partial charge in [-0.05, 0) is 35.9 Å². The van der Waals surface area contributed by atoms with Gasteiger partial charge in [-0.1, -0.05) is 29.8 Å². The van der Waals surface area contributed by atoms with Crippen molar-refractivity contribution in [2.24, 2.45) is 0 Å². The fraction of sp³-hybridized carbons (Fsp3) is 0.320. The van der Waals surface area contributed by atoms with Gasteiger partial charge in [0.1, 0.15) is 0 Å². The normalized spacial score (nSPS) is 13.5. The van der Waals surface area contributed by atoms with E-state index in [0.29, 0.717) is 60.6 Å². The molecule has 0 atom stereocenters. The third-order valence-corrected chi connectivity index (χ3v) is 6.24. The van der Waals surface area contributed by atoms with Crippen LogP contribution in [0.1, 0.15) is 5.56 Å². The molecule has 0 N–H and O–H groups in total. The lowest BCUT2D eigenvalue weighted by Gasteiger charge is -2.35. The number of carbonyl (C=O) groups excluding carboxylic acids is 1. The number of hydrogen-bond donors (Lipinski definition) is 0. The molecule has 0 spiro atoms. The third kappa shape index (κ3) is 5.02. The van der Waals surface area contributed by atoms with Crippen LogP contribution in [0.15, 0.2) is 48.5 Å². The zero-order valence-corrected chi connectivity index (χ0v) is 20.2. The first-order valence-electron chi connectivity index (χ1n) is 10.9. The van der Waals surface area contributed by atoms with Crippen molar-refractivity contribution in [2.75, 3.05) is 52.4 Å². The van der Waals surface area contributed by atoms with E-state index in [1.54, 1.807) is 21.3 Å². The Morgan fingerprint density at radius 1 is 0.912 bits per heavy atom. The molecule has 1 aliphatic rings. The Balaban J connectivity index is 1.41. The molecule has 4 rings (SSSR count). The number of amides is 1. The average molecular weight is 483 g/mol. The first-order chi connectivity index (χ1) is 16.5. The highest BCUT2D eigenvalue weighted by Crippen LogP contribution is 2.40. The second-order valence-corrected chi connectivity index (χ2v) is 8.23. The second kappa shape index (κ2) is 10.6. The van der Waals surface area contributed by atoms with Crippen molar-refractivity contribution in [1.29, 1.82) is 0 Å². The summed E-state index contributed by atoms with van der Waals surface area (Å²) >= 11 is 6.20. The van der Waals surface area contributed by atoms with Crippen LogP contribution in [-0.2, 0) is 11.2 Å². The van der Waals surface area contributed by atoms with Gasteiger partial charge >= 0.3 is 0 Å². The van der Waals surface area contributed by atoms with Crippen LogP contribution in [0, 0.1) is 0 Å². The van der Waals surface area contributed by atoms with Gasteiger partial charge in [0.05, 0.1) is 33.4 Å². The summed E-state index contributed by atoms with van der Waals surface area (Å²) < 4.78 is 16.2. The zero-order valence-electron chi connectivity index (χ0n) is 19.5. The second-order valence-electron chi connectivity index (χ2n) is 7.83. The molecule has 0 radical (unpaired) electrons. The zero-order chi connectivity index (χ0) is 24.1. The number of piperazine rings is 1. The maximum absolute atomic E-state index is 12.7. The monoisotopic (exact) mass is 482 g/mol. The van der Waals surface area contributed by atoms with E-state index >= 15 is 0 Å². The third-order valence-electron chi connectivity index (χ3n) is 5.87. The minimum atomic E-state index is 0.0802. The molecule has 34 heavy (non-hydrogen) atoms. The summed E-state index contributed by atoms with van der Waals surface area (Å²) in [4.78, 5) is 16.7. The van der Waals surface area contributed by atoms with Crippen LogP contribution in [0.4, 0.5) is 5.82 Å². The molecule has 0 bridgehead atoms. The topological polar surface area (TPSA) is 77.0 Å². The van der Waals surface area contributed by atoms with E-state index in [4.69, 9.17) is 25.8 Å². The highest BCUT2D eigenvalue weighted by Gasteiger charge is 2.23. The van der Waals surface area contributed by atoms with Crippen molar-refractivity contribution in [3.63, 3.8) is 0 Å². The van der Waals surface area contributed by atoms with Gasteiger partial charge < -0.3 is 24.0 Å². The quantitative estimate of drug-likeness (QED) is 0.508. The number of hydrogen-bond acceptors (Lipinski definition) is 7. The molecule has 3 aromatic rings. The van der Waals surface area contributed by atoms with Crippen LogP contribution in [-0.4, -0.2) is 68.5 Å². The van der Waals surface area contributed by atoms with Gasteiger partial charge in [-0.15, -0.1) is 10.2 Å². The molecule has 1 fully saturated rings. The Hall–Kier alpha value is -3.52. The molecular formula is C25H27ClN4O4. The van der Waals surface area contributed by atoms with Crippen LogP contribution < -0.4 is 19.1 Å². The number of benzene rings is 2. The lowest BCUT2D eigenvalue weighted by Crippen LogP contribution is -2.49. The molecule has 178 valence electrons. The summed E-state index contributed by atoms with van der Waals surface area (Å²) in [6.07, 6.45) is 0.308. The lowest BCUT2D eigenvalue weighted by atomic mass is 10.1. The highest BCUT2D eigenvalue weighted by molar-refractivity contribution is 6.31. The first kappa shape index (κ1) is 23.6. The lowest BCUT2D eigenvalue weighted by molar-refractivity contribution is -0.130. The van der Waals surface area contributed by atoms with Crippen molar-refractivity contribution in [1.82, 2.24) is 15.1 Å². The number of carbonyl (C=O) groups is 1. The summed E-state index contributed by atoms with van der Waals surface area (Å²) in [5.74, 6) is 2.49. The highest BCUT2D eigenvalue weighted by atomic mass is 35.5. The predicted molar refractivity (Wildman–Crippen MR) is 131 cm³/mol. The molecule has 1 aromatic heterocycles. The summed E-state index contributed by atoms with van der Waals surface area (Å²) in [5, 5.41) is 9.46. The van der Waals surface area contributed by atoms with Crippen LogP contribution >= 0.6 is 11.6 Å². The Morgan fingerprint density at radius 2 is 1.59 bits per heavy atom. The molecule has 0 saturated carbocycles. The maximum atomic E-state index is 12.7. The molecule has 1 amide bonds. The molecule has 0 aliphatic carbocycles. The molecular weight excluding hydrogens is 456 g/mol. The maximum Gasteiger partial charge on any atom is 0.227 e. The predicted octanol–water partition coefficient (Wildman–Crippen LogP) is 3.71. The SMILES string of the molecule is COc1cc(-c2ccc(N3CCN(C(=O)Cc4ccccc4Cl)CC3)nn2)cc(OC)c1OC. The molecule has 0 unspecified atom stereocenters. The van der Waals surface area contributed by atoms with E-state index in [-0.39, 0.29) is 5.91 Å². The van der Waals surface area contributed by atoms with Crippen molar-refractivity contribution in [2.45, 2.75) is 6.42 Å². The van der Waals surface area contributed by atoms with Gasteiger partial charge in [-0.3, -0.25) is 4.79 Å². The Morgan fingerprint density at radius 3 is 2.15 bits per heavy atom. The Labute approximate surface area is 204 Å². The number of ether oxygens (including phenoxy) is 3. The van der Waals surface area contributed by atoms with Gasteiger partial charge in [0.2, 0.25) is 11.7 Å². The minimum absolute atomic E-state index is 0.0802. The van der Waals surface area contributed by atoms with Crippen LogP contribution in [0.25, 0.3) is 11.3 Å². The number of nitrogens with zero attached hydrogens (tertiary/aromatic N) is 4. The number of rotatable bonds is 7. The van der Waals surface area contributed by atoms with Gasteiger partial charge in [-0.25, -0.2) is 0 Å². The summed E-state index contributed by atoms with van der Waals surface area (Å²) in [7, 11) is 4.72. The van der Waals surface area contributed by atoms with E-state index < -0.39 is 0 Å². The smallest absolute Gasteiger partial charge is 0.227 e. The van der Waals surface area contributed by atoms with Crippen LogP contribution in [0.5, 0.6) is 17.2 Å². The summed E-state index contributed by atoms with van der Waals surface area (Å²) in [6, 6.07) is 15.0. The van der Waals surface area contributed by atoms with E-state index in [1.165, 1.54) is 0 Å². The van der Waals surface area contributed by atoms with Crippen molar-refractivity contribution in [3.05, 3.63) is 59.1 Å². The number of anilines is 1. The van der Waals surface area contributed by atoms with Crippen molar-refractivity contribution >= 4 is 23.3 Å². The van der Waals surface area contributed by atoms with Gasteiger partial charge in [-0.2, -0.15) is 0 Å². The van der Waals surface area contributed by atoms with Crippen molar-refractivity contribution in [3.8, 4) is 28.5 Å². The number of aromatic nitrogens is 2. The van der Waals surface area contributed by atoms with E-state index in [1.807, 2.05) is 53.4 Å². The molecule has 1 aliphatic heterocycles. The average Bonchev–Trinajstić information content (AvgIpc) is 2.89. The van der Waals surface area contributed by atoms with Crippen LogP contribution in [0.2, 0.25) is 5.02 Å². The molecule has 8 nitrogen and oxygen atoms in total. The number of halogens is 1. The molecule has 9 heteroatoms. The standard InChI is InChI=1S/C25H27ClN4O4/c1-32-21-14-18(15-22(33-2)25(21)34-3)20-8-9-23(28-27-20)29-10-12-30(13-11-29)24(31)16-17-6-4-5-7-19(17)26/h4-9,14-15H,10-13,16H2,1-3H3. The fourth-order valence-electron chi connectivity index (χ4n) is 3.98. The Bertz CT molecular complexity index is 1120. The van der Waals surface area contributed by atoms with E-state index in [9.17, 15) is 4.79 Å². The van der Waals surface area contributed by atoms with Crippen molar-refractivity contribution < 1.29 is 19.0 Å². The first-order valence-corrected chi connectivity index (χ1v) is 11.3. The molecule has 1 saturated heterocycles. The summed E-state index contributed by atoms with van der Waals surface area (Å²) in [6.45, 7) is 2.62. The fourth-order valence-corrected chi connectivity index (χ4v) is 4.18. The molecule has 2 aromatic carbocycles. The van der Waals surface area contributed by atoms with Gasteiger partial charge in [0.15, 0.2) is 17.3 Å². The van der Waals surface area contributed by atoms with Crippen LogP contribution in [0.3, 0.4) is 0 Å².